The molecule has 4 rings (SSSR count). The van der Waals surface area contributed by atoms with E-state index in [0.717, 1.165) is 22.4 Å². The lowest BCUT2D eigenvalue weighted by atomic mass is 9.99. The minimum Gasteiger partial charge on any atom is -0.343 e. The molecule has 2 aromatic carbocycles. The molecule has 2 heterocycles. The van der Waals surface area contributed by atoms with Crippen molar-refractivity contribution in [3.8, 4) is 0 Å². The van der Waals surface area contributed by atoms with E-state index in [-0.39, 0.29) is 60.3 Å². The number of nitrogens with two attached hydrogens (primary N) is 1. The number of benzene rings is 2. The molecule has 2 amide bonds. The highest BCUT2D eigenvalue weighted by Crippen LogP contribution is 2.37. The van der Waals surface area contributed by atoms with Gasteiger partial charge in [0.2, 0.25) is 5.91 Å². The Morgan fingerprint density at radius 2 is 1.92 bits per heavy atom. The summed E-state index contributed by atoms with van der Waals surface area (Å²) in [6, 6.07) is 12.5. The van der Waals surface area contributed by atoms with Crippen molar-refractivity contribution in [2.24, 2.45) is 5.73 Å². The summed E-state index contributed by atoms with van der Waals surface area (Å²) in [5.74, 6) is -0.993. The van der Waals surface area contributed by atoms with Crippen LogP contribution < -0.4 is 16.6 Å². The number of hydrogen-bond donors (Lipinski definition) is 3. The first-order valence-corrected chi connectivity index (χ1v) is 12.4. The Labute approximate surface area is 227 Å². The molecule has 0 unspecified atom stereocenters. The summed E-state index contributed by atoms with van der Waals surface area (Å²) in [5.41, 5.74) is 10.2. The molecule has 202 valence electrons. The van der Waals surface area contributed by atoms with Crippen LogP contribution in [0, 0.1) is 19.7 Å². The van der Waals surface area contributed by atoms with E-state index in [0.29, 0.717) is 30.4 Å². The van der Waals surface area contributed by atoms with E-state index in [1.807, 2.05) is 26.0 Å². The third kappa shape index (κ3) is 6.46. The van der Waals surface area contributed by atoms with E-state index in [1.165, 1.54) is 12.1 Å². The summed E-state index contributed by atoms with van der Waals surface area (Å²) < 4.78 is 13.9. The molecule has 1 aromatic heterocycles. The summed E-state index contributed by atoms with van der Waals surface area (Å²) in [4.78, 5) is 39.9. The second-order valence-corrected chi connectivity index (χ2v) is 9.74. The van der Waals surface area contributed by atoms with Crippen LogP contribution >= 0.6 is 12.4 Å². The maximum atomic E-state index is 13.9. The fourth-order valence-corrected chi connectivity index (χ4v) is 5.04. The van der Waals surface area contributed by atoms with Crippen molar-refractivity contribution in [3.63, 3.8) is 0 Å². The fourth-order valence-electron chi connectivity index (χ4n) is 5.04. The highest BCUT2D eigenvalue weighted by Gasteiger charge is 2.39. The second-order valence-electron chi connectivity index (χ2n) is 9.74. The van der Waals surface area contributed by atoms with Gasteiger partial charge in [-0.25, -0.2) is 9.49 Å². The van der Waals surface area contributed by atoms with Crippen LogP contribution in [0.4, 0.5) is 4.39 Å². The van der Waals surface area contributed by atoms with E-state index < -0.39 is 0 Å². The Hall–Kier alpha value is -3.56. The van der Waals surface area contributed by atoms with Crippen LogP contribution in [-0.4, -0.2) is 45.5 Å². The Kier molecular flexibility index (Phi) is 9.40. The Morgan fingerprint density at radius 1 is 1.16 bits per heavy atom. The molecule has 3 aromatic rings. The van der Waals surface area contributed by atoms with Gasteiger partial charge in [-0.05, 0) is 80.6 Å². The zero-order valence-corrected chi connectivity index (χ0v) is 22.5. The molecular formula is C28H33ClFN5O3. The van der Waals surface area contributed by atoms with E-state index in [2.05, 4.69) is 15.5 Å². The number of amides is 2. The molecule has 0 bridgehead atoms. The van der Waals surface area contributed by atoms with Gasteiger partial charge in [-0.3, -0.25) is 14.4 Å². The zero-order valence-electron chi connectivity index (χ0n) is 21.7. The highest BCUT2D eigenvalue weighted by molar-refractivity contribution is 5.96. The standard InChI is InChI=1S/C28H32FN5O3.ClH/c1-16-11-21(8-7-19(16)13-22-12-17(2)32-33-28(22)37)27(36)31-15-26(35)34-24(18(3)30)9-10-25(34)20-5-4-6-23(29)14-20;/h4-8,11-12,14,18,24-25H,9-10,13,15,30H2,1-3H3,(H,31,36)(H,33,37);1H/t18-,24+,25-;/m0./s1. The number of likely N-dealkylation sites (tertiary alicyclic amines) is 1. The number of aromatic amines is 1. The summed E-state index contributed by atoms with van der Waals surface area (Å²) >= 11 is 0. The highest BCUT2D eigenvalue weighted by atomic mass is 35.5. The summed E-state index contributed by atoms with van der Waals surface area (Å²) in [5, 5.41) is 9.10. The predicted molar refractivity (Wildman–Crippen MR) is 146 cm³/mol. The van der Waals surface area contributed by atoms with Gasteiger partial charge in [0.15, 0.2) is 0 Å². The van der Waals surface area contributed by atoms with Crippen LogP contribution in [0.5, 0.6) is 0 Å². The molecule has 38 heavy (non-hydrogen) atoms. The molecule has 1 saturated heterocycles. The molecule has 4 N–H and O–H groups in total. The average Bonchev–Trinajstić information content (AvgIpc) is 3.31. The van der Waals surface area contributed by atoms with E-state index in [4.69, 9.17) is 5.73 Å². The van der Waals surface area contributed by atoms with Gasteiger partial charge in [0.1, 0.15) is 5.82 Å². The Balaban J connectivity index is 0.00000400. The third-order valence-corrected chi connectivity index (χ3v) is 6.95. The molecule has 1 aliphatic rings. The Bertz CT molecular complexity index is 1380. The normalized spacial score (nSPS) is 17.6. The first-order valence-electron chi connectivity index (χ1n) is 12.4. The van der Waals surface area contributed by atoms with Gasteiger partial charge in [0.25, 0.3) is 11.5 Å². The van der Waals surface area contributed by atoms with Crippen LogP contribution in [-0.2, 0) is 11.2 Å². The van der Waals surface area contributed by atoms with Crippen molar-refractivity contribution in [1.82, 2.24) is 20.4 Å². The number of nitrogens with one attached hydrogen (secondary N) is 2. The van der Waals surface area contributed by atoms with Crippen molar-refractivity contribution in [1.29, 1.82) is 0 Å². The van der Waals surface area contributed by atoms with Crippen LogP contribution in [0.25, 0.3) is 0 Å². The lowest BCUT2D eigenvalue weighted by molar-refractivity contribution is -0.133. The van der Waals surface area contributed by atoms with Gasteiger partial charge in [-0.1, -0.05) is 18.2 Å². The smallest absolute Gasteiger partial charge is 0.267 e. The van der Waals surface area contributed by atoms with Gasteiger partial charge in [-0.15, -0.1) is 12.4 Å². The van der Waals surface area contributed by atoms with Gasteiger partial charge >= 0.3 is 0 Å². The molecule has 1 fully saturated rings. The number of carbonyl (C=O) groups excluding carboxylic acids is 2. The molecule has 0 spiro atoms. The topological polar surface area (TPSA) is 121 Å². The maximum Gasteiger partial charge on any atom is 0.267 e. The quantitative estimate of drug-likeness (QED) is 0.423. The monoisotopic (exact) mass is 541 g/mol. The first kappa shape index (κ1) is 29.0. The lowest BCUT2D eigenvalue weighted by Crippen LogP contribution is -2.49. The summed E-state index contributed by atoms with van der Waals surface area (Å²) in [7, 11) is 0. The van der Waals surface area contributed by atoms with Crippen LogP contribution in [0.2, 0.25) is 0 Å². The van der Waals surface area contributed by atoms with Gasteiger partial charge in [0, 0.05) is 29.6 Å². The maximum absolute atomic E-state index is 13.9. The van der Waals surface area contributed by atoms with Crippen LogP contribution in [0.15, 0.2) is 53.3 Å². The fraction of sp³-hybridized carbons (Fsp3) is 0.357. The summed E-state index contributed by atoms with van der Waals surface area (Å²) in [6.45, 7) is 5.34. The van der Waals surface area contributed by atoms with E-state index in [9.17, 15) is 18.8 Å². The SMILES string of the molecule is Cc1cc(Cc2ccc(C(=O)NCC(=O)N3[C@@H]([C@H](C)N)CC[C@H]3c3cccc(F)c3)cc2C)c(=O)[nH]n1.Cl. The average molecular weight is 542 g/mol. The molecular weight excluding hydrogens is 509 g/mol. The molecule has 1 aliphatic heterocycles. The minimum absolute atomic E-state index is 0. The summed E-state index contributed by atoms with van der Waals surface area (Å²) in [6.07, 6.45) is 1.80. The number of halogens is 2. The molecule has 0 saturated carbocycles. The Morgan fingerprint density at radius 3 is 2.61 bits per heavy atom. The number of hydrogen-bond acceptors (Lipinski definition) is 5. The van der Waals surface area contributed by atoms with E-state index in [1.54, 1.807) is 36.1 Å². The number of aromatic nitrogens is 2. The van der Waals surface area contributed by atoms with Crippen molar-refractivity contribution in [2.45, 2.75) is 58.2 Å². The second kappa shape index (κ2) is 12.3. The van der Waals surface area contributed by atoms with Crippen LogP contribution in [0.1, 0.15) is 64.1 Å². The van der Waals surface area contributed by atoms with Crippen molar-refractivity contribution < 1.29 is 14.0 Å². The number of aryl methyl sites for hydroxylation is 2. The first-order chi connectivity index (χ1) is 17.6. The molecule has 8 nitrogen and oxygen atoms in total. The zero-order chi connectivity index (χ0) is 26.7. The van der Waals surface area contributed by atoms with Gasteiger partial charge in [0.05, 0.1) is 18.3 Å². The molecule has 0 aliphatic carbocycles. The number of rotatable bonds is 7. The third-order valence-electron chi connectivity index (χ3n) is 6.95. The number of carbonyl (C=O) groups is 2. The number of nitrogens with zero attached hydrogens (tertiary/aromatic N) is 2. The minimum atomic E-state index is -0.376. The molecule has 0 radical (unpaired) electrons. The van der Waals surface area contributed by atoms with E-state index >= 15 is 0 Å². The largest absolute Gasteiger partial charge is 0.343 e. The molecule has 10 heteroatoms. The van der Waals surface area contributed by atoms with Gasteiger partial charge < -0.3 is 16.0 Å². The van der Waals surface area contributed by atoms with Crippen molar-refractivity contribution >= 4 is 24.2 Å². The predicted octanol–water partition coefficient (Wildman–Crippen LogP) is 3.35. The van der Waals surface area contributed by atoms with Gasteiger partial charge in [-0.2, -0.15) is 5.10 Å². The van der Waals surface area contributed by atoms with Crippen LogP contribution in [0.3, 0.4) is 0 Å². The molecule has 3 atom stereocenters. The lowest BCUT2D eigenvalue weighted by Gasteiger charge is -2.33. The van der Waals surface area contributed by atoms with Crippen molar-refractivity contribution in [3.05, 3.63) is 98.2 Å². The van der Waals surface area contributed by atoms with Crippen molar-refractivity contribution in [2.75, 3.05) is 6.54 Å². The number of H-pyrrole nitrogens is 1.